The molecule has 1 aromatic rings. The molecular weight excluding hydrogens is 232 g/mol. The second-order valence-electron chi connectivity index (χ2n) is 4.02. The lowest BCUT2D eigenvalue weighted by atomic mass is 10.1. The third-order valence-electron chi connectivity index (χ3n) is 2.62. The van der Waals surface area contributed by atoms with E-state index in [9.17, 15) is 0 Å². The van der Waals surface area contributed by atoms with Crippen LogP contribution in [0.25, 0.3) is 0 Å². The SMILES string of the molecule is COCCN=C1NC(Cc2ccccc2)CS1. The van der Waals surface area contributed by atoms with Crippen molar-refractivity contribution in [2.75, 3.05) is 26.0 Å². The van der Waals surface area contributed by atoms with Crippen molar-refractivity contribution in [3.8, 4) is 0 Å². The number of hydrogen-bond acceptors (Lipinski definition) is 3. The molecular formula is C13H18N2OS. The summed E-state index contributed by atoms with van der Waals surface area (Å²) in [4.78, 5) is 4.45. The average molecular weight is 250 g/mol. The van der Waals surface area contributed by atoms with Crippen LogP contribution in [-0.4, -0.2) is 37.2 Å². The third kappa shape index (κ3) is 4.06. The van der Waals surface area contributed by atoms with Crippen LogP contribution >= 0.6 is 11.8 Å². The lowest BCUT2D eigenvalue weighted by Gasteiger charge is -2.09. The van der Waals surface area contributed by atoms with Crippen molar-refractivity contribution in [3.05, 3.63) is 35.9 Å². The maximum Gasteiger partial charge on any atom is 0.156 e. The summed E-state index contributed by atoms with van der Waals surface area (Å²) in [7, 11) is 1.70. The third-order valence-corrected chi connectivity index (χ3v) is 3.71. The highest BCUT2D eigenvalue weighted by atomic mass is 32.2. The summed E-state index contributed by atoms with van der Waals surface area (Å²) in [5.41, 5.74) is 1.38. The summed E-state index contributed by atoms with van der Waals surface area (Å²) in [5.74, 6) is 1.10. The number of hydrogen-bond donors (Lipinski definition) is 1. The first kappa shape index (κ1) is 12.5. The van der Waals surface area contributed by atoms with E-state index in [4.69, 9.17) is 4.74 Å². The average Bonchev–Trinajstić information content (AvgIpc) is 2.79. The number of thioether (sulfide) groups is 1. The van der Waals surface area contributed by atoms with Crippen LogP contribution < -0.4 is 5.32 Å². The molecule has 4 heteroatoms. The van der Waals surface area contributed by atoms with Gasteiger partial charge in [0.05, 0.1) is 13.2 Å². The molecule has 92 valence electrons. The molecule has 0 spiro atoms. The van der Waals surface area contributed by atoms with Gasteiger partial charge in [0.2, 0.25) is 0 Å². The fraction of sp³-hybridized carbons (Fsp3) is 0.462. The molecule has 0 saturated carbocycles. The zero-order valence-corrected chi connectivity index (χ0v) is 10.9. The molecule has 1 saturated heterocycles. The van der Waals surface area contributed by atoms with E-state index in [2.05, 4.69) is 40.6 Å². The van der Waals surface area contributed by atoms with E-state index in [1.54, 1.807) is 18.9 Å². The summed E-state index contributed by atoms with van der Waals surface area (Å²) in [5, 5.41) is 4.51. The lowest BCUT2D eigenvalue weighted by molar-refractivity contribution is 0.208. The van der Waals surface area contributed by atoms with E-state index in [-0.39, 0.29) is 0 Å². The molecule has 2 rings (SSSR count). The molecule has 1 aliphatic heterocycles. The van der Waals surface area contributed by atoms with E-state index >= 15 is 0 Å². The summed E-state index contributed by atoms with van der Waals surface area (Å²) >= 11 is 1.80. The van der Waals surface area contributed by atoms with Crippen molar-refractivity contribution in [1.82, 2.24) is 5.32 Å². The van der Waals surface area contributed by atoms with Gasteiger partial charge in [-0.25, -0.2) is 0 Å². The summed E-state index contributed by atoms with van der Waals surface area (Å²) in [6, 6.07) is 11.1. The van der Waals surface area contributed by atoms with Crippen LogP contribution in [0.5, 0.6) is 0 Å². The maximum absolute atomic E-state index is 4.98. The van der Waals surface area contributed by atoms with Gasteiger partial charge in [-0.2, -0.15) is 0 Å². The quantitative estimate of drug-likeness (QED) is 0.811. The number of benzene rings is 1. The Morgan fingerprint density at radius 1 is 1.41 bits per heavy atom. The van der Waals surface area contributed by atoms with Crippen LogP contribution in [0.15, 0.2) is 35.3 Å². The van der Waals surface area contributed by atoms with Gasteiger partial charge in [-0.05, 0) is 12.0 Å². The van der Waals surface area contributed by atoms with E-state index in [0.29, 0.717) is 12.6 Å². The summed E-state index contributed by atoms with van der Waals surface area (Å²) < 4.78 is 4.98. The maximum atomic E-state index is 4.98. The Labute approximate surface area is 107 Å². The fourth-order valence-corrected chi connectivity index (χ4v) is 2.77. The Morgan fingerprint density at radius 3 is 3.00 bits per heavy atom. The first-order valence-electron chi connectivity index (χ1n) is 5.85. The summed E-state index contributed by atoms with van der Waals surface area (Å²) in [6.45, 7) is 1.43. The molecule has 0 aliphatic carbocycles. The minimum atomic E-state index is 0.503. The molecule has 1 aromatic carbocycles. The van der Waals surface area contributed by atoms with Crippen LogP contribution in [0.1, 0.15) is 5.56 Å². The van der Waals surface area contributed by atoms with Crippen molar-refractivity contribution in [2.24, 2.45) is 4.99 Å². The monoisotopic (exact) mass is 250 g/mol. The van der Waals surface area contributed by atoms with Gasteiger partial charge >= 0.3 is 0 Å². The predicted molar refractivity (Wildman–Crippen MR) is 73.7 cm³/mol. The Balaban J connectivity index is 1.80. The van der Waals surface area contributed by atoms with E-state index in [0.717, 1.165) is 23.9 Å². The molecule has 1 N–H and O–H groups in total. The van der Waals surface area contributed by atoms with Crippen LogP contribution in [0.2, 0.25) is 0 Å². The Kier molecular flexibility index (Phi) is 4.88. The van der Waals surface area contributed by atoms with E-state index in [1.165, 1.54) is 5.56 Å². The molecule has 1 unspecified atom stereocenters. The molecule has 17 heavy (non-hydrogen) atoms. The molecule has 3 nitrogen and oxygen atoms in total. The van der Waals surface area contributed by atoms with Crippen LogP contribution in [0.3, 0.4) is 0 Å². The number of nitrogens with one attached hydrogen (secondary N) is 1. The highest BCUT2D eigenvalue weighted by Crippen LogP contribution is 2.17. The lowest BCUT2D eigenvalue weighted by Crippen LogP contribution is -2.29. The molecule has 0 bridgehead atoms. The Hall–Kier alpha value is -1.00. The van der Waals surface area contributed by atoms with Crippen LogP contribution in [-0.2, 0) is 11.2 Å². The normalized spacial score (nSPS) is 21.7. The van der Waals surface area contributed by atoms with Gasteiger partial charge in [0.15, 0.2) is 5.17 Å². The van der Waals surface area contributed by atoms with E-state index < -0.39 is 0 Å². The van der Waals surface area contributed by atoms with Gasteiger partial charge < -0.3 is 10.1 Å². The predicted octanol–water partition coefficient (Wildman–Crippen LogP) is 1.94. The number of rotatable bonds is 5. The number of nitrogens with zero attached hydrogens (tertiary/aromatic N) is 1. The molecule has 1 aliphatic rings. The molecule has 1 fully saturated rings. The van der Waals surface area contributed by atoms with Crippen LogP contribution in [0.4, 0.5) is 0 Å². The second kappa shape index (κ2) is 6.67. The van der Waals surface area contributed by atoms with Crippen molar-refractivity contribution < 1.29 is 4.74 Å². The van der Waals surface area contributed by atoms with Gasteiger partial charge in [0.25, 0.3) is 0 Å². The first-order valence-corrected chi connectivity index (χ1v) is 6.83. The molecule has 0 aromatic heterocycles. The molecule has 0 radical (unpaired) electrons. The summed E-state index contributed by atoms with van der Waals surface area (Å²) in [6.07, 6.45) is 1.07. The smallest absolute Gasteiger partial charge is 0.156 e. The number of aliphatic imine (C=N–C) groups is 1. The van der Waals surface area contributed by atoms with Gasteiger partial charge in [-0.3, -0.25) is 4.99 Å². The van der Waals surface area contributed by atoms with Gasteiger partial charge in [0, 0.05) is 18.9 Å². The minimum absolute atomic E-state index is 0.503. The Bertz CT molecular complexity index is 367. The van der Waals surface area contributed by atoms with Gasteiger partial charge in [0.1, 0.15) is 0 Å². The number of ether oxygens (including phenoxy) is 1. The topological polar surface area (TPSA) is 33.6 Å². The highest BCUT2D eigenvalue weighted by Gasteiger charge is 2.19. The van der Waals surface area contributed by atoms with Gasteiger partial charge in [-0.1, -0.05) is 42.1 Å². The highest BCUT2D eigenvalue weighted by molar-refractivity contribution is 8.14. The zero-order chi connectivity index (χ0) is 11.9. The van der Waals surface area contributed by atoms with Crippen molar-refractivity contribution >= 4 is 16.9 Å². The number of amidine groups is 1. The van der Waals surface area contributed by atoms with Crippen molar-refractivity contribution in [1.29, 1.82) is 0 Å². The van der Waals surface area contributed by atoms with Crippen molar-refractivity contribution in [3.63, 3.8) is 0 Å². The standard InChI is InChI=1S/C13H18N2OS/c1-16-8-7-14-13-15-12(10-17-13)9-11-5-3-2-4-6-11/h2-6,12H,7-10H2,1H3,(H,14,15). The molecule has 1 atom stereocenters. The van der Waals surface area contributed by atoms with Gasteiger partial charge in [-0.15, -0.1) is 0 Å². The Morgan fingerprint density at radius 2 is 2.24 bits per heavy atom. The minimum Gasteiger partial charge on any atom is -0.383 e. The zero-order valence-electron chi connectivity index (χ0n) is 10.1. The molecule has 1 heterocycles. The molecule has 0 amide bonds. The largest absolute Gasteiger partial charge is 0.383 e. The number of methoxy groups -OCH3 is 1. The second-order valence-corrected chi connectivity index (χ2v) is 5.03. The van der Waals surface area contributed by atoms with E-state index in [1.807, 2.05) is 0 Å². The first-order chi connectivity index (χ1) is 8.38. The van der Waals surface area contributed by atoms with Crippen LogP contribution in [0, 0.1) is 0 Å². The fourth-order valence-electron chi connectivity index (χ4n) is 1.78. The van der Waals surface area contributed by atoms with Crippen molar-refractivity contribution in [2.45, 2.75) is 12.5 Å².